The monoisotopic (exact) mass is 330 g/mol. The molecule has 1 aromatic carbocycles. The summed E-state index contributed by atoms with van der Waals surface area (Å²) in [5.41, 5.74) is 1.14. The van der Waals surface area contributed by atoms with Gasteiger partial charge in [0.25, 0.3) is 5.91 Å². The minimum Gasteiger partial charge on any atom is -0.497 e. The molecule has 1 aliphatic rings. The maximum Gasteiger partial charge on any atom is 0.254 e. The van der Waals surface area contributed by atoms with Crippen molar-refractivity contribution in [3.63, 3.8) is 0 Å². The molecule has 126 valence electrons. The number of carbonyl (C=O) groups excluding carboxylic acids is 1. The molecule has 0 unspecified atom stereocenters. The van der Waals surface area contributed by atoms with Crippen molar-refractivity contribution in [1.29, 1.82) is 0 Å². The molecule has 2 heterocycles. The number of ether oxygens (including phenoxy) is 2. The van der Waals surface area contributed by atoms with Gasteiger partial charge in [0.15, 0.2) is 0 Å². The number of benzene rings is 1. The van der Waals surface area contributed by atoms with Crippen molar-refractivity contribution in [3.05, 3.63) is 59.7 Å². The van der Waals surface area contributed by atoms with Crippen molar-refractivity contribution in [2.45, 2.75) is 12.5 Å². The number of carbonyl (C=O) groups is 1. The van der Waals surface area contributed by atoms with Gasteiger partial charge >= 0.3 is 0 Å². The minimum atomic E-state index is -0.601. The highest BCUT2D eigenvalue weighted by Crippen LogP contribution is 2.21. The van der Waals surface area contributed by atoms with Crippen LogP contribution in [0.1, 0.15) is 15.9 Å². The second-order valence-electron chi connectivity index (χ2n) is 5.78. The molecule has 0 radical (unpaired) electrons. The maximum absolute atomic E-state index is 14.0. The van der Waals surface area contributed by atoms with Gasteiger partial charge in [-0.25, -0.2) is 4.39 Å². The number of halogens is 1. The molecule has 24 heavy (non-hydrogen) atoms. The Hall–Kier alpha value is -2.47. The number of rotatable bonds is 5. The van der Waals surface area contributed by atoms with E-state index in [1.165, 1.54) is 19.2 Å². The molecule has 1 aromatic heterocycles. The summed E-state index contributed by atoms with van der Waals surface area (Å²) in [4.78, 5) is 16.4. The first-order valence-corrected chi connectivity index (χ1v) is 7.78. The summed E-state index contributed by atoms with van der Waals surface area (Å²) in [5, 5.41) is 2.88. The van der Waals surface area contributed by atoms with Crippen LogP contribution in [0.3, 0.4) is 0 Å². The van der Waals surface area contributed by atoms with E-state index in [0.29, 0.717) is 19.0 Å². The summed E-state index contributed by atoms with van der Waals surface area (Å²) in [5.74, 6) is -0.511. The van der Waals surface area contributed by atoms with Crippen LogP contribution >= 0.6 is 0 Å². The number of nitrogens with zero attached hydrogens (tertiary/aromatic N) is 1. The van der Waals surface area contributed by atoms with Gasteiger partial charge in [-0.15, -0.1) is 0 Å². The summed E-state index contributed by atoms with van der Waals surface area (Å²) in [6, 6.07) is 7.94. The van der Waals surface area contributed by atoms with Gasteiger partial charge in [0, 0.05) is 24.4 Å². The van der Waals surface area contributed by atoms with Crippen molar-refractivity contribution in [3.8, 4) is 5.75 Å². The number of hydrogen-bond donors (Lipinski definition) is 1. The van der Waals surface area contributed by atoms with E-state index >= 15 is 0 Å². The molecule has 0 bridgehead atoms. The third kappa shape index (κ3) is 3.71. The van der Waals surface area contributed by atoms with Crippen LogP contribution in [-0.4, -0.2) is 37.3 Å². The molecule has 0 aliphatic carbocycles. The Kier molecular flexibility index (Phi) is 5.05. The van der Waals surface area contributed by atoms with Crippen molar-refractivity contribution < 1.29 is 18.7 Å². The van der Waals surface area contributed by atoms with Crippen molar-refractivity contribution in [2.75, 3.05) is 20.3 Å². The van der Waals surface area contributed by atoms with Crippen LogP contribution in [0.2, 0.25) is 0 Å². The molecule has 0 saturated carbocycles. The average molecular weight is 330 g/mol. The van der Waals surface area contributed by atoms with E-state index in [0.717, 1.165) is 12.0 Å². The second-order valence-corrected chi connectivity index (χ2v) is 5.78. The maximum atomic E-state index is 14.0. The Labute approximate surface area is 139 Å². The Balaban J connectivity index is 1.67. The number of nitrogens with one attached hydrogen (secondary N) is 1. The molecular formula is C18H19FN2O3. The summed E-state index contributed by atoms with van der Waals surface area (Å²) >= 11 is 0. The molecule has 0 spiro atoms. The largest absolute Gasteiger partial charge is 0.497 e. The number of hydrogen-bond acceptors (Lipinski definition) is 4. The first-order chi connectivity index (χ1) is 11.7. The lowest BCUT2D eigenvalue weighted by molar-refractivity contribution is 0.0921. The van der Waals surface area contributed by atoms with Gasteiger partial charge in [-0.05, 0) is 36.2 Å². The van der Waals surface area contributed by atoms with Gasteiger partial charge in [-0.1, -0.05) is 0 Å². The lowest BCUT2D eigenvalue weighted by Gasteiger charge is -2.19. The highest BCUT2D eigenvalue weighted by atomic mass is 19.1. The molecule has 5 nitrogen and oxygen atoms in total. The molecule has 1 amide bonds. The number of aromatic nitrogens is 1. The predicted molar refractivity (Wildman–Crippen MR) is 86.5 cm³/mol. The summed E-state index contributed by atoms with van der Waals surface area (Å²) in [7, 11) is 1.45. The fraction of sp³-hybridized carbons (Fsp3) is 0.333. The smallest absolute Gasteiger partial charge is 0.254 e. The van der Waals surface area contributed by atoms with Gasteiger partial charge < -0.3 is 14.8 Å². The zero-order valence-electron chi connectivity index (χ0n) is 13.4. The fourth-order valence-electron chi connectivity index (χ4n) is 2.83. The molecule has 2 atom stereocenters. The van der Waals surface area contributed by atoms with Crippen molar-refractivity contribution in [1.82, 2.24) is 10.3 Å². The van der Waals surface area contributed by atoms with Crippen LogP contribution in [0.25, 0.3) is 0 Å². The SMILES string of the molecule is COc1ccc(C(=O)N[C@@H]2COC[C@H]2Cc2ccncc2)c(F)c1. The highest BCUT2D eigenvalue weighted by Gasteiger charge is 2.30. The fourth-order valence-corrected chi connectivity index (χ4v) is 2.83. The standard InChI is InChI=1S/C18H19FN2O3/c1-23-14-2-3-15(16(19)9-14)18(22)21-17-11-24-10-13(17)8-12-4-6-20-7-5-12/h2-7,9,13,17H,8,10-11H2,1H3,(H,21,22)/t13-,17-/m1/s1. The molecule has 1 aliphatic heterocycles. The molecular weight excluding hydrogens is 311 g/mol. The van der Waals surface area contributed by atoms with Crippen molar-refractivity contribution >= 4 is 5.91 Å². The zero-order chi connectivity index (χ0) is 16.9. The normalized spacial score (nSPS) is 19.9. The first-order valence-electron chi connectivity index (χ1n) is 7.78. The van der Waals surface area contributed by atoms with E-state index in [4.69, 9.17) is 9.47 Å². The Morgan fingerprint density at radius 2 is 2.12 bits per heavy atom. The van der Waals surface area contributed by atoms with Gasteiger partial charge in [0.05, 0.1) is 31.9 Å². The molecule has 1 N–H and O–H groups in total. The molecule has 2 aromatic rings. The van der Waals surface area contributed by atoms with E-state index in [1.807, 2.05) is 12.1 Å². The van der Waals surface area contributed by atoms with E-state index < -0.39 is 11.7 Å². The van der Waals surface area contributed by atoms with Crippen LogP contribution in [0.5, 0.6) is 5.75 Å². The average Bonchev–Trinajstić information content (AvgIpc) is 3.02. The number of methoxy groups -OCH3 is 1. The summed E-state index contributed by atoms with van der Waals surface area (Å²) in [6.07, 6.45) is 4.26. The first kappa shape index (κ1) is 16.4. The molecule has 6 heteroatoms. The van der Waals surface area contributed by atoms with E-state index in [2.05, 4.69) is 10.3 Å². The number of amides is 1. The Morgan fingerprint density at radius 3 is 2.83 bits per heavy atom. The third-order valence-corrected chi connectivity index (χ3v) is 4.18. The molecule has 1 fully saturated rings. The lowest BCUT2D eigenvalue weighted by Crippen LogP contribution is -2.40. The van der Waals surface area contributed by atoms with Crippen LogP contribution < -0.4 is 10.1 Å². The molecule has 3 rings (SSSR count). The third-order valence-electron chi connectivity index (χ3n) is 4.18. The van der Waals surface area contributed by atoms with Gasteiger partial charge in [-0.3, -0.25) is 9.78 Å². The van der Waals surface area contributed by atoms with E-state index in [1.54, 1.807) is 18.5 Å². The van der Waals surface area contributed by atoms with Crippen LogP contribution in [0.4, 0.5) is 4.39 Å². The topological polar surface area (TPSA) is 60.5 Å². The van der Waals surface area contributed by atoms with Crippen LogP contribution in [-0.2, 0) is 11.2 Å². The zero-order valence-corrected chi connectivity index (χ0v) is 13.4. The lowest BCUT2D eigenvalue weighted by atomic mass is 9.95. The van der Waals surface area contributed by atoms with E-state index in [9.17, 15) is 9.18 Å². The Morgan fingerprint density at radius 1 is 1.33 bits per heavy atom. The summed E-state index contributed by atoms with van der Waals surface area (Å²) < 4.78 is 24.5. The predicted octanol–water partition coefficient (Wildman–Crippen LogP) is 2.22. The highest BCUT2D eigenvalue weighted by molar-refractivity contribution is 5.94. The molecule has 1 saturated heterocycles. The van der Waals surface area contributed by atoms with Gasteiger partial charge in [-0.2, -0.15) is 0 Å². The minimum absolute atomic E-state index is 0.00496. The van der Waals surface area contributed by atoms with Crippen LogP contribution in [0, 0.1) is 11.7 Å². The second kappa shape index (κ2) is 7.40. The quantitative estimate of drug-likeness (QED) is 0.913. The van der Waals surface area contributed by atoms with Crippen LogP contribution in [0.15, 0.2) is 42.7 Å². The number of pyridine rings is 1. The Bertz CT molecular complexity index is 709. The van der Waals surface area contributed by atoms with Gasteiger partial charge in [0.2, 0.25) is 0 Å². The van der Waals surface area contributed by atoms with Gasteiger partial charge in [0.1, 0.15) is 11.6 Å². The van der Waals surface area contributed by atoms with E-state index in [-0.39, 0.29) is 17.5 Å². The summed E-state index contributed by atoms with van der Waals surface area (Å²) in [6.45, 7) is 0.998. The van der Waals surface area contributed by atoms with Crippen molar-refractivity contribution in [2.24, 2.45) is 5.92 Å².